The second-order valence-electron chi connectivity index (χ2n) is 4.68. The summed E-state index contributed by atoms with van der Waals surface area (Å²) in [6.07, 6.45) is 2.82. The predicted octanol–water partition coefficient (Wildman–Crippen LogP) is 2.63. The summed E-state index contributed by atoms with van der Waals surface area (Å²) in [7, 11) is 1.35. The molecule has 0 atom stereocenters. The van der Waals surface area contributed by atoms with Crippen molar-refractivity contribution in [2.24, 2.45) is 0 Å². The molecule has 0 radical (unpaired) electrons. The summed E-state index contributed by atoms with van der Waals surface area (Å²) in [6, 6.07) is 6.86. The van der Waals surface area contributed by atoms with Crippen LogP contribution in [0.3, 0.4) is 0 Å². The molecule has 0 aliphatic carbocycles. The van der Waals surface area contributed by atoms with E-state index in [9.17, 15) is 9.59 Å². The number of methoxy groups -OCH3 is 1. The second kappa shape index (κ2) is 9.94. The highest BCUT2D eigenvalue weighted by molar-refractivity contribution is 5.89. The van der Waals surface area contributed by atoms with Crippen LogP contribution in [0.15, 0.2) is 24.3 Å². The Labute approximate surface area is 125 Å². The molecule has 0 amide bonds. The zero-order valence-corrected chi connectivity index (χ0v) is 12.6. The van der Waals surface area contributed by atoms with Gasteiger partial charge in [0.15, 0.2) is 5.78 Å². The molecule has 0 aromatic heterocycles. The number of benzene rings is 1. The van der Waals surface area contributed by atoms with E-state index >= 15 is 0 Å². The number of ketones is 1. The van der Waals surface area contributed by atoms with E-state index in [1.807, 2.05) is 0 Å². The second-order valence-corrected chi connectivity index (χ2v) is 4.68. The Balaban J connectivity index is 2.10. The SMILES string of the molecule is COC(=O)c1ccc(OCCCCCOCC(C)=O)cc1. The Morgan fingerprint density at radius 2 is 1.67 bits per heavy atom. The van der Waals surface area contributed by atoms with Crippen LogP contribution in [-0.4, -0.2) is 38.7 Å². The van der Waals surface area contributed by atoms with Crippen LogP contribution in [0.2, 0.25) is 0 Å². The number of esters is 1. The predicted molar refractivity (Wildman–Crippen MR) is 78.6 cm³/mol. The number of carbonyl (C=O) groups is 2. The van der Waals surface area contributed by atoms with Crippen molar-refractivity contribution in [3.8, 4) is 5.75 Å². The van der Waals surface area contributed by atoms with Crippen LogP contribution in [0.5, 0.6) is 5.75 Å². The van der Waals surface area contributed by atoms with Crippen molar-refractivity contribution >= 4 is 11.8 Å². The molecule has 0 aliphatic heterocycles. The molecule has 116 valence electrons. The highest BCUT2D eigenvalue weighted by Crippen LogP contribution is 2.13. The van der Waals surface area contributed by atoms with Gasteiger partial charge in [-0.1, -0.05) is 0 Å². The lowest BCUT2D eigenvalue weighted by Gasteiger charge is -2.07. The van der Waals surface area contributed by atoms with E-state index in [1.165, 1.54) is 14.0 Å². The molecule has 0 fully saturated rings. The fraction of sp³-hybridized carbons (Fsp3) is 0.500. The molecule has 0 aliphatic rings. The zero-order chi connectivity index (χ0) is 15.5. The maximum absolute atomic E-state index is 11.3. The molecule has 0 N–H and O–H groups in total. The molecule has 21 heavy (non-hydrogen) atoms. The normalized spacial score (nSPS) is 10.2. The van der Waals surface area contributed by atoms with E-state index in [-0.39, 0.29) is 18.4 Å². The molecule has 1 rings (SSSR count). The quantitative estimate of drug-likeness (QED) is 0.490. The maximum atomic E-state index is 11.3. The van der Waals surface area contributed by atoms with Crippen LogP contribution in [0.4, 0.5) is 0 Å². The van der Waals surface area contributed by atoms with Gasteiger partial charge in [-0.2, -0.15) is 0 Å². The fourth-order valence-electron chi connectivity index (χ4n) is 1.69. The average molecular weight is 294 g/mol. The lowest BCUT2D eigenvalue weighted by molar-refractivity contribution is -0.121. The third-order valence-corrected chi connectivity index (χ3v) is 2.78. The van der Waals surface area contributed by atoms with Gasteiger partial charge >= 0.3 is 5.97 Å². The summed E-state index contributed by atoms with van der Waals surface area (Å²) in [6.45, 7) is 2.93. The highest BCUT2D eigenvalue weighted by Gasteiger charge is 2.04. The third-order valence-electron chi connectivity index (χ3n) is 2.78. The molecule has 0 heterocycles. The first-order chi connectivity index (χ1) is 10.1. The number of carbonyl (C=O) groups excluding carboxylic acids is 2. The molecule has 0 saturated carbocycles. The van der Waals surface area contributed by atoms with Gasteiger partial charge in [0.25, 0.3) is 0 Å². The number of Topliss-reactive ketones (excluding diaryl/α,β-unsaturated/α-hetero) is 1. The van der Waals surface area contributed by atoms with Crippen LogP contribution in [0, 0.1) is 0 Å². The monoisotopic (exact) mass is 294 g/mol. The van der Waals surface area contributed by atoms with E-state index < -0.39 is 0 Å². The van der Waals surface area contributed by atoms with Gasteiger partial charge < -0.3 is 14.2 Å². The Morgan fingerprint density at radius 3 is 2.29 bits per heavy atom. The number of hydrogen-bond donors (Lipinski definition) is 0. The molecular weight excluding hydrogens is 272 g/mol. The Bertz CT molecular complexity index is 438. The minimum absolute atomic E-state index is 0.0498. The molecule has 0 bridgehead atoms. The molecule has 1 aromatic rings. The van der Waals surface area contributed by atoms with Gasteiger partial charge in [0.05, 0.1) is 19.3 Å². The lowest BCUT2D eigenvalue weighted by atomic mass is 10.2. The van der Waals surface area contributed by atoms with Crippen LogP contribution < -0.4 is 4.74 Å². The Kier molecular flexibility index (Phi) is 8.12. The number of hydrogen-bond acceptors (Lipinski definition) is 5. The largest absolute Gasteiger partial charge is 0.494 e. The van der Waals surface area contributed by atoms with E-state index in [2.05, 4.69) is 4.74 Å². The van der Waals surface area contributed by atoms with E-state index in [0.29, 0.717) is 18.8 Å². The Morgan fingerprint density at radius 1 is 1.00 bits per heavy atom. The maximum Gasteiger partial charge on any atom is 0.337 e. The van der Waals surface area contributed by atoms with E-state index in [4.69, 9.17) is 9.47 Å². The fourth-order valence-corrected chi connectivity index (χ4v) is 1.69. The van der Waals surface area contributed by atoms with E-state index in [0.717, 1.165) is 25.0 Å². The first-order valence-corrected chi connectivity index (χ1v) is 7.02. The van der Waals surface area contributed by atoms with Crippen LogP contribution in [-0.2, 0) is 14.3 Å². The lowest BCUT2D eigenvalue weighted by Crippen LogP contribution is -2.05. The van der Waals surface area contributed by atoms with Crippen molar-refractivity contribution in [3.05, 3.63) is 29.8 Å². The molecule has 5 heteroatoms. The summed E-state index contributed by atoms with van der Waals surface area (Å²) in [5.74, 6) is 0.427. The van der Waals surface area contributed by atoms with Crippen molar-refractivity contribution in [2.75, 3.05) is 26.9 Å². The summed E-state index contributed by atoms with van der Waals surface area (Å²) in [4.78, 5) is 21.9. The van der Waals surface area contributed by atoms with Crippen molar-refractivity contribution in [1.82, 2.24) is 0 Å². The summed E-state index contributed by atoms with van der Waals surface area (Å²) in [5.41, 5.74) is 0.507. The van der Waals surface area contributed by atoms with Crippen LogP contribution in [0.1, 0.15) is 36.5 Å². The topological polar surface area (TPSA) is 61.8 Å². The molecule has 5 nitrogen and oxygen atoms in total. The van der Waals surface area contributed by atoms with Crippen LogP contribution >= 0.6 is 0 Å². The molecule has 0 spiro atoms. The van der Waals surface area contributed by atoms with Crippen molar-refractivity contribution < 1.29 is 23.8 Å². The molecule has 0 unspecified atom stereocenters. The number of rotatable bonds is 10. The first-order valence-electron chi connectivity index (χ1n) is 7.02. The minimum atomic E-state index is -0.355. The van der Waals surface area contributed by atoms with Crippen molar-refractivity contribution in [2.45, 2.75) is 26.2 Å². The van der Waals surface area contributed by atoms with Gasteiger partial charge in [0.1, 0.15) is 12.4 Å². The zero-order valence-electron chi connectivity index (χ0n) is 12.6. The molecule has 1 aromatic carbocycles. The first kappa shape index (κ1) is 17.2. The van der Waals surface area contributed by atoms with Gasteiger partial charge in [-0.25, -0.2) is 4.79 Å². The smallest absolute Gasteiger partial charge is 0.337 e. The van der Waals surface area contributed by atoms with Gasteiger partial charge in [-0.05, 0) is 50.5 Å². The van der Waals surface area contributed by atoms with Gasteiger partial charge in [0.2, 0.25) is 0 Å². The summed E-state index contributed by atoms with van der Waals surface area (Å²) < 4.78 is 15.4. The summed E-state index contributed by atoms with van der Waals surface area (Å²) in [5, 5.41) is 0. The van der Waals surface area contributed by atoms with Crippen molar-refractivity contribution in [1.29, 1.82) is 0 Å². The molecule has 0 saturated heterocycles. The van der Waals surface area contributed by atoms with Crippen molar-refractivity contribution in [3.63, 3.8) is 0 Å². The minimum Gasteiger partial charge on any atom is -0.494 e. The molecular formula is C16H22O5. The van der Waals surface area contributed by atoms with Gasteiger partial charge in [-0.3, -0.25) is 4.79 Å². The third kappa shape index (κ3) is 7.46. The van der Waals surface area contributed by atoms with Gasteiger partial charge in [0, 0.05) is 6.61 Å². The van der Waals surface area contributed by atoms with E-state index in [1.54, 1.807) is 24.3 Å². The summed E-state index contributed by atoms with van der Waals surface area (Å²) >= 11 is 0. The Hall–Kier alpha value is -1.88. The number of unbranched alkanes of at least 4 members (excludes halogenated alkanes) is 2. The average Bonchev–Trinajstić information content (AvgIpc) is 2.49. The number of ether oxygens (including phenoxy) is 3. The van der Waals surface area contributed by atoms with Crippen LogP contribution in [0.25, 0.3) is 0 Å². The standard InChI is InChI=1S/C16H22O5/c1-13(17)12-20-10-4-3-5-11-21-15-8-6-14(7-9-15)16(18)19-2/h6-9H,3-5,10-12H2,1-2H3. The highest BCUT2D eigenvalue weighted by atomic mass is 16.5. The van der Waals surface area contributed by atoms with Gasteiger partial charge in [-0.15, -0.1) is 0 Å².